The van der Waals surface area contributed by atoms with E-state index in [0.29, 0.717) is 0 Å². The van der Waals surface area contributed by atoms with E-state index in [1.54, 1.807) is 6.08 Å². The Morgan fingerprint density at radius 2 is 1.80 bits per heavy atom. The highest BCUT2D eigenvalue weighted by molar-refractivity contribution is 6.70. The van der Waals surface area contributed by atoms with Crippen LogP contribution in [0.1, 0.15) is 12.8 Å². The molecule has 2 heteroatoms. The van der Waals surface area contributed by atoms with Crippen LogP contribution in [0.15, 0.2) is 49.3 Å². The van der Waals surface area contributed by atoms with Crippen molar-refractivity contribution in [2.45, 2.75) is 32.5 Å². The van der Waals surface area contributed by atoms with E-state index in [4.69, 9.17) is 4.43 Å². The van der Waals surface area contributed by atoms with Crippen LogP contribution in [0.25, 0.3) is 0 Å². The molecule has 0 aromatic rings. The van der Waals surface area contributed by atoms with E-state index in [-0.39, 0.29) is 0 Å². The molecule has 0 aromatic carbocycles. The van der Waals surface area contributed by atoms with E-state index >= 15 is 0 Å². The number of rotatable bonds is 7. The van der Waals surface area contributed by atoms with Crippen LogP contribution in [0.3, 0.4) is 0 Å². The van der Waals surface area contributed by atoms with Gasteiger partial charge in [-0.2, -0.15) is 0 Å². The standard InChI is InChI=1S/C13H22OSi/c1-6-7-8-9-10-11-12-13(2)14-15(3,4)5/h6-8,11-12H,1-2,9-10H2,3-5H3/b8-7+,12-11+. The molecule has 15 heavy (non-hydrogen) atoms. The van der Waals surface area contributed by atoms with Crippen molar-refractivity contribution in [1.82, 2.24) is 0 Å². The Bertz CT molecular complexity index is 256. The smallest absolute Gasteiger partial charge is 0.242 e. The molecule has 0 saturated heterocycles. The second-order valence-electron chi connectivity index (χ2n) is 4.32. The van der Waals surface area contributed by atoms with Crippen molar-refractivity contribution in [1.29, 1.82) is 0 Å². The Balaban J connectivity index is 3.73. The summed E-state index contributed by atoms with van der Waals surface area (Å²) in [7, 11) is -1.48. The summed E-state index contributed by atoms with van der Waals surface area (Å²) in [5.41, 5.74) is 0. The minimum absolute atomic E-state index is 0.780. The second-order valence-corrected chi connectivity index (χ2v) is 8.75. The summed E-state index contributed by atoms with van der Waals surface area (Å²) in [6.07, 6.45) is 11.9. The second kappa shape index (κ2) is 7.29. The lowest BCUT2D eigenvalue weighted by atomic mass is 10.2. The Morgan fingerprint density at radius 1 is 1.20 bits per heavy atom. The van der Waals surface area contributed by atoms with Crippen molar-refractivity contribution in [3.8, 4) is 0 Å². The van der Waals surface area contributed by atoms with Crippen molar-refractivity contribution in [2.75, 3.05) is 0 Å². The first kappa shape index (κ1) is 14.0. The van der Waals surface area contributed by atoms with E-state index in [1.165, 1.54) is 0 Å². The van der Waals surface area contributed by atoms with Crippen LogP contribution in [0.4, 0.5) is 0 Å². The number of unbranched alkanes of at least 4 members (excludes halogenated alkanes) is 1. The summed E-state index contributed by atoms with van der Waals surface area (Å²) in [5.74, 6) is 0.780. The molecule has 0 aromatic heterocycles. The molecule has 0 radical (unpaired) electrons. The highest BCUT2D eigenvalue weighted by Gasteiger charge is 2.15. The van der Waals surface area contributed by atoms with E-state index in [1.807, 2.05) is 12.2 Å². The normalized spacial score (nSPS) is 12.2. The number of hydrogen-bond acceptors (Lipinski definition) is 1. The third-order valence-electron chi connectivity index (χ3n) is 1.51. The zero-order valence-corrected chi connectivity index (χ0v) is 11.1. The van der Waals surface area contributed by atoms with Gasteiger partial charge in [0.1, 0.15) is 0 Å². The topological polar surface area (TPSA) is 9.23 Å². The van der Waals surface area contributed by atoms with E-state index < -0.39 is 8.32 Å². The van der Waals surface area contributed by atoms with Gasteiger partial charge in [-0.05, 0) is 38.6 Å². The lowest BCUT2D eigenvalue weighted by Crippen LogP contribution is -2.23. The molecule has 0 aliphatic rings. The summed E-state index contributed by atoms with van der Waals surface area (Å²) in [4.78, 5) is 0. The van der Waals surface area contributed by atoms with Gasteiger partial charge in [0.05, 0.1) is 5.76 Å². The first-order valence-electron chi connectivity index (χ1n) is 5.28. The third-order valence-corrected chi connectivity index (χ3v) is 2.39. The highest BCUT2D eigenvalue weighted by Crippen LogP contribution is 2.10. The zero-order valence-electron chi connectivity index (χ0n) is 10.1. The molecule has 0 heterocycles. The molecule has 0 rings (SSSR count). The Morgan fingerprint density at radius 3 is 2.33 bits per heavy atom. The summed E-state index contributed by atoms with van der Waals surface area (Å²) in [6.45, 7) is 13.9. The molecule has 0 fully saturated rings. The minimum Gasteiger partial charge on any atom is -0.545 e. The van der Waals surface area contributed by atoms with Crippen LogP contribution in [-0.4, -0.2) is 8.32 Å². The van der Waals surface area contributed by atoms with Gasteiger partial charge >= 0.3 is 0 Å². The SMILES string of the molecule is C=C/C=C/CC/C=C/C(=C)O[Si](C)(C)C. The monoisotopic (exact) mass is 222 g/mol. The van der Waals surface area contributed by atoms with Gasteiger partial charge in [0.25, 0.3) is 0 Å². The van der Waals surface area contributed by atoms with Crippen LogP contribution in [0.5, 0.6) is 0 Å². The van der Waals surface area contributed by atoms with Gasteiger partial charge in [0.2, 0.25) is 8.32 Å². The molecule has 0 spiro atoms. The van der Waals surface area contributed by atoms with Crippen molar-refractivity contribution in [2.24, 2.45) is 0 Å². The molecule has 0 N–H and O–H groups in total. The van der Waals surface area contributed by atoms with E-state index in [2.05, 4.69) is 45.0 Å². The predicted molar refractivity (Wildman–Crippen MR) is 71.3 cm³/mol. The van der Waals surface area contributed by atoms with Gasteiger partial charge in [-0.3, -0.25) is 0 Å². The van der Waals surface area contributed by atoms with Crippen LogP contribution < -0.4 is 0 Å². The largest absolute Gasteiger partial charge is 0.545 e. The van der Waals surface area contributed by atoms with Gasteiger partial charge in [-0.25, -0.2) is 0 Å². The van der Waals surface area contributed by atoms with Gasteiger partial charge in [0.15, 0.2) is 0 Å². The number of allylic oxidation sites excluding steroid dienone is 5. The van der Waals surface area contributed by atoms with Gasteiger partial charge in [-0.1, -0.05) is 37.5 Å². The fourth-order valence-corrected chi connectivity index (χ4v) is 1.88. The minimum atomic E-state index is -1.48. The fourth-order valence-electron chi connectivity index (χ4n) is 1.03. The van der Waals surface area contributed by atoms with Gasteiger partial charge in [0, 0.05) is 0 Å². The fraction of sp³-hybridized carbons (Fsp3) is 0.385. The Kier molecular flexibility index (Phi) is 6.80. The quantitative estimate of drug-likeness (QED) is 0.268. The molecule has 0 bridgehead atoms. The Hall–Kier alpha value is -1.02. The molecule has 0 atom stereocenters. The zero-order chi connectivity index (χ0) is 11.7. The molecule has 0 aliphatic carbocycles. The molecule has 0 unspecified atom stereocenters. The first-order chi connectivity index (χ1) is 6.95. The molecule has 84 valence electrons. The third kappa shape index (κ3) is 10.9. The van der Waals surface area contributed by atoms with Crippen molar-refractivity contribution >= 4 is 8.32 Å². The molecular weight excluding hydrogens is 200 g/mol. The van der Waals surface area contributed by atoms with Crippen LogP contribution >= 0.6 is 0 Å². The summed E-state index contributed by atoms with van der Waals surface area (Å²) in [6, 6.07) is 0. The van der Waals surface area contributed by atoms with Crippen LogP contribution in [-0.2, 0) is 4.43 Å². The number of hydrogen-bond donors (Lipinski definition) is 0. The summed E-state index contributed by atoms with van der Waals surface area (Å²) >= 11 is 0. The van der Waals surface area contributed by atoms with Gasteiger partial charge in [-0.15, -0.1) is 0 Å². The lowest BCUT2D eigenvalue weighted by molar-refractivity contribution is 0.444. The maximum Gasteiger partial charge on any atom is 0.242 e. The molecule has 0 saturated carbocycles. The van der Waals surface area contributed by atoms with E-state index in [9.17, 15) is 0 Å². The Labute approximate surface area is 95.0 Å². The maximum absolute atomic E-state index is 5.69. The summed E-state index contributed by atoms with van der Waals surface area (Å²) in [5, 5.41) is 0. The van der Waals surface area contributed by atoms with Crippen LogP contribution in [0.2, 0.25) is 19.6 Å². The predicted octanol–water partition coefficient (Wildman–Crippen LogP) is 4.43. The van der Waals surface area contributed by atoms with Crippen molar-refractivity contribution < 1.29 is 4.43 Å². The lowest BCUT2D eigenvalue weighted by Gasteiger charge is -2.18. The maximum atomic E-state index is 5.69. The average Bonchev–Trinajstić information content (AvgIpc) is 2.08. The van der Waals surface area contributed by atoms with Gasteiger partial charge < -0.3 is 4.43 Å². The average molecular weight is 222 g/mol. The molecule has 0 amide bonds. The van der Waals surface area contributed by atoms with Crippen LogP contribution in [0, 0.1) is 0 Å². The van der Waals surface area contributed by atoms with E-state index in [0.717, 1.165) is 18.6 Å². The van der Waals surface area contributed by atoms with Crippen molar-refractivity contribution in [3.63, 3.8) is 0 Å². The molecular formula is C13H22OSi. The summed E-state index contributed by atoms with van der Waals surface area (Å²) < 4.78 is 5.69. The highest BCUT2D eigenvalue weighted by atomic mass is 28.4. The first-order valence-corrected chi connectivity index (χ1v) is 8.68. The molecule has 0 aliphatic heterocycles. The van der Waals surface area contributed by atoms with Crippen molar-refractivity contribution in [3.05, 3.63) is 49.3 Å². The molecule has 1 nitrogen and oxygen atoms in total.